The van der Waals surface area contributed by atoms with E-state index in [0.717, 1.165) is 56.8 Å². The van der Waals surface area contributed by atoms with Gasteiger partial charge in [0.15, 0.2) is 0 Å². The van der Waals surface area contributed by atoms with Gasteiger partial charge in [0.05, 0.1) is 25.0 Å². The summed E-state index contributed by atoms with van der Waals surface area (Å²) in [6.45, 7) is 6.52. The maximum atomic E-state index is 12.0. The van der Waals surface area contributed by atoms with Gasteiger partial charge in [-0.15, -0.1) is 0 Å². The summed E-state index contributed by atoms with van der Waals surface area (Å²) in [4.78, 5) is 21.1. The van der Waals surface area contributed by atoms with Crippen molar-refractivity contribution in [2.75, 3.05) is 33.3 Å². The first-order valence-electron chi connectivity index (χ1n) is 11.0. The summed E-state index contributed by atoms with van der Waals surface area (Å²) in [6, 6.07) is 10.9. The van der Waals surface area contributed by atoms with Crippen molar-refractivity contribution in [3.63, 3.8) is 0 Å². The number of fused-ring (bicyclic) bond motifs is 1. The number of nitrogens with zero attached hydrogens (tertiary/aromatic N) is 4. The van der Waals surface area contributed by atoms with Gasteiger partial charge in [-0.1, -0.05) is 30.3 Å². The number of hydrogen-bond acceptors (Lipinski definition) is 5. The lowest BCUT2D eigenvalue weighted by Gasteiger charge is -2.35. The number of likely N-dealkylation sites (tertiary alicyclic amines) is 1. The molecule has 0 bridgehead atoms. The van der Waals surface area contributed by atoms with E-state index in [9.17, 15) is 4.79 Å². The molecule has 3 heterocycles. The summed E-state index contributed by atoms with van der Waals surface area (Å²) >= 11 is 0. The van der Waals surface area contributed by atoms with Crippen molar-refractivity contribution in [1.82, 2.24) is 19.4 Å². The van der Waals surface area contributed by atoms with Gasteiger partial charge < -0.3 is 24.8 Å². The van der Waals surface area contributed by atoms with E-state index in [1.54, 1.807) is 4.90 Å². The zero-order chi connectivity index (χ0) is 21.1. The highest BCUT2D eigenvalue weighted by Crippen LogP contribution is 2.30. The van der Waals surface area contributed by atoms with Gasteiger partial charge in [-0.25, -0.2) is 9.78 Å². The van der Waals surface area contributed by atoms with E-state index in [0.29, 0.717) is 19.1 Å². The Kier molecular flexibility index (Phi) is 6.39. The Morgan fingerprint density at radius 2 is 1.97 bits per heavy atom. The Morgan fingerprint density at radius 1 is 1.23 bits per heavy atom. The smallest absolute Gasteiger partial charge is 0.409 e. The van der Waals surface area contributed by atoms with E-state index >= 15 is 0 Å². The van der Waals surface area contributed by atoms with Crippen molar-refractivity contribution in [2.24, 2.45) is 5.73 Å². The van der Waals surface area contributed by atoms with Crippen LogP contribution in [0.4, 0.5) is 4.79 Å². The topological polar surface area (TPSA) is 76.6 Å². The van der Waals surface area contributed by atoms with Crippen molar-refractivity contribution >= 4 is 6.09 Å². The number of piperidine rings is 1. The predicted molar refractivity (Wildman–Crippen MR) is 116 cm³/mol. The van der Waals surface area contributed by atoms with Crippen LogP contribution in [-0.4, -0.2) is 58.7 Å². The molecule has 30 heavy (non-hydrogen) atoms. The molecule has 0 saturated carbocycles. The molecule has 7 nitrogen and oxygen atoms in total. The van der Waals surface area contributed by atoms with Gasteiger partial charge in [0.1, 0.15) is 5.82 Å². The van der Waals surface area contributed by atoms with Crippen LogP contribution in [0.3, 0.4) is 0 Å². The van der Waals surface area contributed by atoms with E-state index < -0.39 is 0 Å². The van der Waals surface area contributed by atoms with Crippen LogP contribution in [0.15, 0.2) is 30.3 Å². The number of methoxy groups -OCH3 is 1. The van der Waals surface area contributed by atoms with Crippen LogP contribution in [0.5, 0.6) is 0 Å². The fourth-order valence-corrected chi connectivity index (χ4v) is 4.88. The van der Waals surface area contributed by atoms with Gasteiger partial charge >= 0.3 is 6.09 Å². The number of aromatic nitrogens is 2. The van der Waals surface area contributed by atoms with Gasteiger partial charge in [0, 0.05) is 38.1 Å². The minimum absolute atomic E-state index is 0.0936. The first-order chi connectivity index (χ1) is 14.6. The number of carbonyl (C=O) groups excluding carboxylic acids is 1. The van der Waals surface area contributed by atoms with Crippen molar-refractivity contribution in [3.05, 3.63) is 53.1 Å². The average Bonchev–Trinajstić information content (AvgIpc) is 3.12. The molecule has 2 N–H and O–H groups in total. The van der Waals surface area contributed by atoms with Crippen molar-refractivity contribution in [3.8, 4) is 0 Å². The summed E-state index contributed by atoms with van der Waals surface area (Å²) < 4.78 is 7.32. The minimum Gasteiger partial charge on any atom is -0.453 e. The van der Waals surface area contributed by atoms with Gasteiger partial charge in [-0.3, -0.25) is 0 Å². The third kappa shape index (κ3) is 4.37. The fourth-order valence-electron chi connectivity index (χ4n) is 4.88. The molecule has 1 aromatic carbocycles. The second kappa shape index (κ2) is 9.18. The monoisotopic (exact) mass is 411 g/mol. The lowest BCUT2D eigenvalue weighted by molar-refractivity contribution is 0.116. The molecule has 162 valence electrons. The number of rotatable bonds is 5. The molecule has 1 fully saturated rings. The first-order valence-corrected chi connectivity index (χ1v) is 11.0. The Bertz CT molecular complexity index is 858. The summed E-state index contributed by atoms with van der Waals surface area (Å²) in [5.41, 5.74) is 9.92. The van der Waals surface area contributed by atoms with Crippen LogP contribution in [0.2, 0.25) is 0 Å². The van der Waals surface area contributed by atoms with Crippen LogP contribution in [0.1, 0.15) is 54.1 Å². The van der Waals surface area contributed by atoms with Crippen molar-refractivity contribution in [1.29, 1.82) is 0 Å². The van der Waals surface area contributed by atoms with Gasteiger partial charge in [-0.05, 0) is 38.3 Å². The van der Waals surface area contributed by atoms with E-state index in [1.165, 1.54) is 18.4 Å². The molecular formula is C23H33N5O2. The minimum atomic E-state index is -0.254. The van der Waals surface area contributed by atoms with E-state index in [-0.39, 0.29) is 12.1 Å². The Morgan fingerprint density at radius 3 is 2.67 bits per heavy atom. The molecule has 1 atom stereocenters. The molecule has 0 aliphatic carbocycles. The molecule has 7 heteroatoms. The maximum absolute atomic E-state index is 12.0. The molecular weight excluding hydrogens is 378 g/mol. The molecule has 0 unspecified atom stereocenters. The number of benzene rings is 1. The zero-order valence-electron chi connectivity index (χ0n) is 18.1. The number of hydrogen-bond donors (Lipinski definition) is 1. The third-order valence-electron chi connectivity index (χ3n) is 6.57. The third-order valence-corrected chi connectivity index (χ3v) is 6.57. The van der Waals surface area contributed by atoms with Gasteiger partial charge in [0.25, 0.3) is 0 Å². The highest BCUT2D eigenvalue weighted by molar-refractivity contribution is 5.67. The summed E-state index contributed by atoms with van der Waals surface area (Å²) in [5.74, 6) is 1.07. The quantitative estimate of drug-likeness (QED) is 0.818. The van der Waals surface area contributed by atoms with Crippen LogP contribution < -0.4 is 5.73 Å². The summed E-state index contributed by atoms with van der Waals surface area (Å²) in [7, 11) is 1.44. The fraction of sp³-hybridized carbons (Fsp3) is 0.565. The number of carbonyl (C=O) groups is 1. The SMILES string of the molecule is COC(=O)N1CCc2nc(C)n(C3CCN(CC[C@H](N)c4ccccc4)CC3)c2C1. The lowest BCUT2D eigenvalue weighted by atomic mass is 10.0. The van der Waals surface area contributed by atoms with Crippen LogP contribution in [0.25, 0.3) is 0 Å². The second-order valence-corrected chi connectivity index (χ2v) is 8.44. The van der Waals surface area contributed by atoms with Gasteiger partial charge in [-0.2, -0.15) is 0 Å². The molecule has 2 aliphatic heterocycles. The molecule has 1 aromatic heterocycles. The molecule has 2 aromatic rings. The zero-order valence-corrected chi connectivity index (χ0v) is 18.1. The Labute approximate surface area is 178 Å². The number of ether oxygens (including phenoxy) is 1. The van der Waals surface area contributed by atoms with Crippen molar-refractivity contribution < 1.29 is 9.53 Å². The largest absolute Gasteiger partial charge is 0.453 e. The standard InChI is InChI=1S/C23H33N5O2/c1-17-25-21-11-15-27(23(29)30-2)16-22(21)28(17)19-8-12-26(13-9-19)14-10-20(24)18-6-4-3-5-7-18/h3-7,19-20H,8-16,24H2,1-2H3/t20-/m0/s1. The Balaban J connectivity index is 1.35. The average molecular weight is 412 g/mol. The van der Waals surface area contributed by atoms with E-state index in [4.69, 9.17) is 15.5 Å². The van der Waals surface area contributed by atoms with Crippen molar-refractivity contribution in [2.45, 2.75) is 51.2 Å². The first kappa shape index (κ1) is 20.9. The molecule has 2 aliphatic rings. The molecule has 0 spiro atoms. The normalized spacial score (nSPS) is 18.8. The summed E-state index contributed by atoms with van der Waals surface area (Å²) in [6.07, 6.45) is 3.72. The molecule has 1 amide bonds. The highest BCUT2D eigenvalue weighted by Gasteiger charge is 2.30. The predicted octanol–water partition coefficient (Wildman–Crippen LogP) is 3.04. The molecule has 4 rings (SSSR count). The van der Waals surface area contributed by atoms with E-state index in [2.05, 4.69) is 40.7 Å². The Hall–Kier alpha value is -2.38. The van der Waals surface area contributed by atoms with Crippen LogP contribution >= 0.6 is 0 Å². The number of imidazole rings is 1. The van der Waals surface area contributed by atoms with Crippen LogP contribution in [-0.2, 0) is 17.7 Å². The van der Waals surface area contributed by atoms with Gasteiger partial charge in [0.2, 0.25) is 0 Å². The lowest BCUT2D eigenvalue weighted by Crippen LogP contribution is -2.39. The van der Waals surface area contributed by atoms with E-state index in [1.807, 2.05) is 6.07 Å². The highest BCUT2D eigenvalue weighted by atomic mass is 16.5. The molecule has 1 saturated heterocycles. The number of amides is 1. The maximum Gasteiger partial charge on any atom is 0.409 e. The van der Waals surface area contributed by atoms with Crippen LogP contribution in [0, 0.1) is 6.92 Å². The molecule has 0 radical (unpaired) electrons. The number of aryl methyl sites for hydroxylation is 1. The second-order valence-electron chi connectivity index (χ2n) is 8.44. The summed E-state index contributed by atoms with van der Waals surface area (Å²) in [5, 5.41) is 0. The number of nitrogens with two attached hydrogens (primary N) is 1.